The van der Waals surface area contributed by atoms with Crippen LogP contribution in [0, 0.1) is 11.8 Å². The van der Waals surface area contributed by atoms with Crippen LogP contribution < -0.4 is 5.32 Å². The monoisotopic (exact) mass is 197 g/mol. The van der Waals surface area contributed by atoms with Crippen LogP contribution in [0.2, 0.25) is 0 Å². The van der Waals surface area contributed by atoms with Gasteiger partial charge in [0.25, 0.3) is 0 Å². The molecule has 82 valence electrons. The van der Waals surface area contributed by atoms with Gasteiger partial charge < -0.3 is 5.32 Å². The van der Waals surface area contributed by atoms with Crippen LogP contribution in [-0.2, 0) is 0 Å². The van der Waals surface area contributed by atoms with Gasteiger partial charge in [0.15, 0.2) is 5.54 Å². The molecule has 2 heteroatoms. The summed E-state index contributed by atoms with van der Waals surface area (Å²) in [6.45, 7) is 16.6. The molecule has 14 heavy (non-hydrogen) atoms. The molecule has 1 rings (SSSR count). The zero-order valence-electron chi connectivity index (χ0n) is 10.1. The number of nitrogens with zero attached hydrogens (tertiary/aromatic N) is 1. The van der Waals surface area contributed by atoms with Crippen molar-refractivity contribution in [1.82, 2.24) is 5.32 Å². The summed E-state index contributed by atoms with van der Waals surface area (Å²) in [6.07, 6.45) is 1.29. The zero-order chi connectivity index (χ0) is 10.8. The Morgan fingerprint density at radius 2 is 1.86 bits per heavy atom. The lowest BCUT2D eigenvalue weighted by Gasteiger charge is -2.21. The van der Waals surface area contributed by atoms with Crippen molar-refractivity contribution in [3.05, 3.63) is 0 Å². The number of hydrogen-bond donors (Lipinski definition) is 1. The second-order valence-electron chi connectivity index (χ2n) is 5.48. The van der Waals surface area contributed by atoms with E-state index in [0.717, 1.165) is 18.4 Å². The Kier molecular flexibility index (Phi) is 3.71. The molecule has 0 spiro atoms. The van der Waals surface area contributed by atoms with Crippen LogP contribution in [0.5, 0.6) is 0 Å². The molecule has 0 radical (unpaired) electrons. The molecule has 0 aromatic carbocycles. The van der Waals surface area contributed by atoms with Crippen molar-refractivity contribution in [2.75, 3.05) is 19.6 Å². The van der Waals surface area contributed by atoms with Gasteiger partial charge in [-0.2, -0.15) is 0 Å². The first-order valence-corrected chi connectivity index (χ1v) is 5.74. The maximum Gasteiger partial charge on any atom is 0.153 e. The Morgan fingerprint density at radius 1 is 1.29 bits per heavy atom. The summed E-state index contributed by atoms with van der Waals surface area (Å²) >= 11 is 0. The average Bonchev–Trinajstić information content (AvgIpc) is 2.50. The quantitative estimate of drug-likeness (QED) is 0.538. The summed E-state index contributed by atoms with van der Waals surface area (Å²) in [5.41, 5.74) is 0.195. The summed E-state index contributed by atoms with van der Waals surface area (Å²) in [6, 6.07) is 0. The summed E-state index contributed by atoms with van der Waals surface area (Å²) < 4.78 is 2.23. The summed E-state index contributed by atoms with van der Waals surface area (Å²) in [7, 11) is 0. The number of rotatable bonds is 3. The second-order valence-corrected chi connectivity index (χ2v) is 5.48. The van der Waals surface area contributed by atoms with Gasteiger partial charge in [0.2, 0.25) is 0 Å². The van der Waals surface area contributed by atoms with Crippen molar-refractivity contribution >= 4 is 6.72 Å². The number of nitrogens with one attached hydrogen (secondary N) is 1. The molecular formula is C12H25N2+. The van der Waals surface area contributed by atoms with E-state index < -0.39 is 0 Å². The zero-order valence-corrected chi connectivity index (χ0v) is 10.1. The lowest BCUT2D eigenvalue weighted by atomic mass is 9.92. The van der Waals surface area contributed by atoms with E-state index in [9.17, 15) is 0 Å². The van der Waals surface area contributed by atoms with Crippen LogP contribution in [0.3, 0.4) is 0 Å². The first-order chi connectivity index (χ1) is 6.45. The molecule has 0 amide bonds. The molecule has 0 bridgehead atoms. The molecule has 0 saturated carbocycles. The Bertz CT molecular complexity index is 203. The van der Waals surface area contributed by atoms with Crippen molar-refractivity contribution in [3.63, 3.8) is 0 Å². The fraction of sp³-hybridized carbons (Fsp3) is 0.917. The van der Waals surface area contributed by atoms with Gasteiger partial charge in [0.05, 0.1) is 0 Å². The normalized spacial score (nSPS) is 28.0. The third kappa shape index (κ3) is 2.81. The Morgan fingerprint density at radius 3 is 2.36 bits per heavy atom. The van der Waals surface area contributed by atoms with Crippen LogP contribution >= 0.6 is 0 Å². The largest absolute Gasteiger partial charge is 0.316 e. The lowest BCUT2D eigenvalue weighted by Crippen LogP contribution is -2.37. The van der Waals surface area contributed by atoms with E-state index in [1.54, 1.807) is 0 Å². The molecule has 1 aliphatic rings. The summed E-state index contributed by atoms with van der Waals surface area (Å²) in [5.74, 6) is 1.64. The molecule has 1 fully saturated rings. The lowest BCUT2D eigenvalue weighted by molar-refractivity contribution is -0.595. The highest BCUT2D eigenvalue weighted by Crippen LogP contribution is 2.21. The average molecular weight is 197 g/mol. The summed E-state index contributed by atoms with van der Waals surface area (Å²) in [4.78, 5) is 0. The SMILES string of the molecule is C=[N+](CC1CNCC1CC)C(C)(C)C. The molecule has 1 heterocycles. The van der Waals surface area contributed by atoms with E-state index in [-0.39, 0.29) is 5.54 Å². The fourth-order valence-electron chi connectivity index (χ4n) is 2.04. The van der Waals surface area contributed by atoms with Gasteiger partial charge in [-0.3, -0.25) is 0 Å². The Labute approximate surface area is 88.4 Å². The van der Waals surface area contributed by atoms with Gasteiger partial charge in [0.1, 0.15) is 13.3 Å². The molecule has 1 saturated heterocycles. The number of hydrogen-bond acceptors (Lipinski definition) is 1. The molecule has 0 aliphatic carbocycles. The minimum Gasteiger partial charge on any atom is -0.316 e. The van der Waals surface area contributed by atoms with Crippen molar-refractivity contribution in [2.45, 2.75) is 39.7 Å². The van der Waals surface area contributed by atoms with Crippen molar-refractivity contribution in [1.29, 1.82) is 0 Å². The minimum absolute atomic E-state index is 0.195. The van der Waals surface area contributed by atoms with E-state index in [1.807, 2.05) is 0 Å². The maximum absolute atomic E-state index is 4.15. The van der Waals surface area contributed by atoms with E-state index in [0.29, 0.717) is 0 Å². The third-order valence-electron chi connectivity index (χ3n) is 3.41. The van der Waals surface area contributed by atoms with Crippen LogP contribution in [0.4, 0.5) is 0 Å². The van der Waals surface area contributed by atoms with Crippen molar-refractivity contribution in [3.8, 4) is 0 Å². The standard InChI is InChI=1S/C12H25N2/c1-6-10-7-13-8-11(10)9-14(5)12(2,3)4/h10-11,13H,5-9H2,1-4H3/q+1. The first kappa shape index (κ1) is 11.7. The fourth-order valence-corrected chi connectivity index (χ4v) is 2.04. The third-order valence-corrected chi connectivity index (χ3v) is 3.41. The second kappa shape index (κ2) is 4.43. The minimum atomic E-state index is 0.195. The smallest absolute Gasteiger partial charge is 0.153 e. The molecular weight excluding hydrogens is 172 g/mol. The van der Waals surface area contributed by atoms with Gasteiger partial charge in [-0.25, -0.2) is 4.58 Å². The molecule has 0 aromatic heterocycles. The van der Waals surface area contributed by atoms with Gasteiger partial charge in [-0.15, -0.1) is 0 Å². The Balaban J connectivity index is 2.48. The van der Waals surface area contributed by atoms with E-state index >= 15 is 0 Å². The molecule has 0 aromatic rings. The van der Waals surface area contributed by atoms with Gasteiger partial charge in [-0.05, 0) is 33.2 Å². The molecule has 1 aliphatic heterocycles. The molecule has 2 unspecified atom stereocenters. The van der Waals surface area contributed by atoms with E-state index in [2.05, 4.69) is 44.3 Å². The highest BCUT2D eigenvalue weighted by atomic mass is 15.1. The van der Waals surface area contributed by atoms with Crippen molar-refractivity contribution in [2.24, 2.45) is 11.8 Å². The van der Waals surface area contributed by atoms with Crippen LogP contribution in [0.1, 0.15) is 34.1 Å². The molecule has 2 atom stereocenters. The van der Waals surface area contributed by atoms with E-state index in [4.69, 9.17) is 0 Å². The van der Waals surface area contributed by atoms with Crippen LogP contribution in [-0.4, -0.2) is 36.5 Å². The summed E-state index contributed by atoms with van der Waals surface area (Å²) in [5, 5.41) is 3.48. The molecule has 2 nitrogen and oxygen atoms in total. The molecule has 1 N–H and O–H groups in total. The Hall–Kier alpha value is -0.370. The van der Waals surface area contributed by atoms with Crippen molar-refractivity contribution < 1.29 is 4.58 Å². The predicted molar refractivity (Wildman–Crippen MR) is 62.1 cm³/mol. The highest BCUT2D eigenvalue weighted by molar-refractivity contribution is 5.15. The van der Waals surface area contributed by atoms with Crippen LogP contribution in [0.15, 0.2) is 0 Å². The van der Waals surface area contributed by atoms with Crippen LogP contribution in [0.25, 0.3) is 0 Å². The van der Waals surface area contributed by atoms with Gasteiger partial charge >= 0.3 is 0 Å². The maximum atomic E-state index is 4.15. The van der Waals surface area contributed by atoms with Gasteiger partial charge in [0, 0.05) is 12.5 Å². The topological polar surface area (TPSA) is 15.0 Å². The first-order valence-electron chi connectivity index (χ1n) is 5.74. The van der Waals surface area contributed by atoms with E-state index in [1.165, 1.54) is 19.5 Å². The van der Waals surface area contributed by atoms with Gasteiger partial charge in [-0.1, -0.05) is 13.3 Å². The predicted octanol–water partition coefficient (Wildman–Crippen LogP) is 1.74. The highest BCUT2D eigenvalue weighted by Gasteiger charge is 2.32.